The van der Waals surface area contributed by atoms with Gasteiger partial charge in [0.05, 0.1) is 11.7 Å². The van der Waals surface area contributed by atoms with Crippen molar-refractivity contribution in [2.45, 2.75) is 64.8 Å². The molecule has 1 heterocycles. The number of aromatic nitrogens is 2. The van der Waals surface area contributed by atoms with Crippen LogP contribution < -0.4 is 0 Å². The summed E-state index contributed by atoms with van der Waals surface area (Å²) in [6.45, 7) is 4.61. The molecule has 0 unspecified atom stereocenters. The van der Waals surface area contributed by atoms with Crippen LogP contribution >= 0.6 is 31.9 Å². The average Bonchev–Trinajstić information content (AvgIpc) is 2.95. The summed E-state index contributed by atoms with van der Waals surface area (Å²) in [7, 11) is 0. The van der Waals surface area contributed by atoms with Gasteiger partial charge >= 0.3 is 0 Å². The fourth-order valence-electron chi connectivity index (χ4n) is 3.58. The van der Waals surface area contributed by atoms with E-state index >= 15 is 0 Å². The van der Waals surface area contributed by atoms with Crippen molar-refractivity contribution in [2.24, 2.45) is 11.3 Å². The van der Waals surface area contributed by atoms with Crippen molar-refractivity contribution in [3.05, 3.63) is 18.0 Å². The Hall–Kier alpha value is 0.170. The molecule has 0 bridgehead atoms. The second-order valence-electron chi connectivity index (χ2n) is 7.12. The third-order valence-electron chi connectivity index (χ3n) is 4.58. The first-order valence-electron chi connectivity index (χ1n) is 8.24. The summed E-state index contributed by atoms with van der Waals surface area (Å²) >= 11 is 7.48. The van der Waals surface area contributed by atoms with Gasteiger partial charge in [0.2, 0.25) is 0 Å². The van der Waals surface area contributed by atoms with Gasteiger partial charge in [-0.2, -0.15) is 5.10 Å². The summed E-state index contributed by atoms with van der Waals surface area (Å²) < 4.78 is 2.23. The van der Waals surface area contributed by atoms with Crippen LogP contribution in [0.3, 0.4) is 0 Å². The molecule has 1 aromatic heterocycles. The molecule has 0 radical (unpaired) electrons. The van der Waals surface area contributed by atoms with E-state index in [2.05, 4.69) is 62.7 Å². The summed E-state index contributed by atoms with van der Waals surface area (Å²) in [5, 5.41) is 6.95. The van der Waals surface area contributed by atoms with E-state index in [4.69, 9.17) is 5.10 Å². The van der Waals surface area contributed by atoms with Gasteiger partial charge in [0.25, 0.3) is 0 Å². The van der Waals surface area contributed by atoms with Crippen LogP contribution in [0.25, 0.3) is 0 Å². The smallest absolute Gasteiger partial charge is 0.0630 e. The van der Waals surface area contributed by atoms with Crippen LogP contribution in [0.1, 0.15) is 64.1 Å². The minimum atomic E-state index is 0.278. The quantitative estimate of drug-likeness (QED) is 0.514. The van der Waals surface area contributed by atoms with Crippen molar-refractivity contribution < 1.29 is 0 Å². The average molecular weight is 420 g/mol. The Balaban J connectivity index is 2.05. The van der Waals surface area contributed by atoms with Gasteiger partial charge in [0.15, 0.2) is 0 Å². The second-order valence-corrected chi connectivity index (χ2v) is 8.24. The summed E-state index contributed by atoms with van der Waals surface area (Å²) in [6.07, 6.45) is 11.2. The zero-order valence-electron chi connectivity index (χ0n) is 13.3. The molecule has 120 valence electrons. The zero-order chi connectivity index (χ0) is 15.3. The van der Waals surface area contributed by atoms with Crippen molar-refractivity contribution in [3.8, 4) is 0 Å². The monoisotopic (exact) mass is 418 g/mol. The minimum absolute atomic E-state index is 0.278. The highest BCUT2D eigenvalue weighted by atomic mass is 79.9. The van der Waals surface area contributed by atoms with E-state index in [1.54, 1.807) is 0 Å². The molecule has 1 aliphatic rings. The summed E-state index contributed by atoms with van der Waals surface area (Å²) in [6, 6.07) is 2.87. The van der Waals surface area contributed by atoms with Gasteiger partial charge in [0, 0.05) is 16.9 Å². The maximum absolute atomic E-state index is 4.90. The first-order chi connectivity index (χ1) is 10.1. The van der Waals surface area contributed by atoms with E-state index < -0.39 is 0 Å². The molecule has 1 saturated carbocycles. The van der Waals surface area contributed by atoms with Crippen LogP contribution in [0.15, 0.2) is 12.3 Å². The van der Waals surface area contributed by atoms with Gasteiger partial charge in [-0.05, 0) is 43.1 Å². The van der Waals surface area contributed by atoms with Gasteiger partial charge in [-0.1, -0.05) is 65.0 Å². The van der Waals surface area contributed by atoms with E-state index in [0.29, 0.717) is 12.0 Å². The number of nitrogens with zero attached hydrogens (tertiary/aromatic N) is 2. The molecule has 2 nitrogen and oxygen atoms in total. The van der Waals surface area contributed by atoms with Crippen LogP contribution in [-0.4, -0.2) is 20.4 Å². The van der Waals surface area contributed by atoms with Crippen LogP contribution in [-0.2, 0) is 6.42 Å². The lowest BCUT2D eigenvalue weighted by molar-refractivity contribution is 0.295. The molecular weight excluding hydrogens is 392 g/mol. The molecule has 0 N–H and O–H groups in total. The number of halogens is 2. The summed E-state index contributed by atoms with van der Waals surface area (Å²) in [4.78, 5) is 0. The Bertz CT molecular complexity index is 418. The third-order valence-corrected chi connectivity index (χ3v) is 6.96. The first-order valence-corrected chi connectivity index (χ1v) is 10.5. The lowest BCUT2D eigenvalue weighted by Crippen LogP contribution is -2.30. The van der Waals surface area contributed by atoms with Gasteiger partial charge in [-0.15, -0.1) is 0 Å². The molecule has 1 fully saturated rings. The Kier molecular flexibility index (Phi) is 6.79. The van der Waals surface area contributed by atoms with Crippen LogP contribution in [0.2, 0.25) is 0 Å². The van der Waals surface area contributed by atoms with Gasteiger partial charge in [-0.25, -0.2) is 0 Å². The fraction of sp³-hybridized carbons (Fsp3) is 0.824. The van der Waals surface area contributed by atoms with E-state index in [9.17, 15) is 0 Å². The van der Waals surface area contributed by atoms with E-state index in [1.807, 2.05) is 0 Å². The van der Waals surface area contributed by atoms with Crippen molar-refractivity contribution in [1.29, 1.82) is 0 Å². The number of hydrogen-bond donors (Lipinski definition) is 0. The summed E-state index contributed by atoms with van der Waals surface area (Å²) in [5.41, 5.74) is 1.53. The highest BCUT2D eigenvalue weighted by Gasteiger charge is 2.30. The molecule has 0 aromatic carbocycles. The maximum atomic E-state index is 4.90. The van der Waals surface area contributed by atoms with Crippen molar-refractivity contribution in [3.63, 3.8) is 0 Å². The van der Waals surface area contributed by atoms with Crippen LogP contribution in [0.5, 0.6) is 0 Å². The molecule has 0 saturated heterocycles. The van der Waals surface area contributed by atoms with Crippen molar-refractivity contribution in [1.82, 2.24) is 9.78 Å². The Morgan fingerprint density at radius 2 is 1.90 bits per heavy atom. The Morgan fingerprint density at radius 1 is 1.24 bits per heavy atom. The lowest BCUT2D eigenvalue weighted by atomic mass is 9.80. The Labute approximate surface area is 146 Å². The maximum Gasteiger partial charge on any atom is 0.0630 e. The predicted molar refractivity (Wildman–Crippen MR) is 97.5 cm³/mol. The van der Waals surface area contributed by atoms with Crippen molar-refractivity contribution >= 4 is 31.9 Å². The zero-order valence-corrected chi connectivity index (χ0v) is 16.5. The standard InChI is InChI=1S/C17H28Br2N2/c1-14(2)10-17(12-18,13-19)11-15-8-9-21(20-15)16-6-4-3-5-7-16/h8-9,14,16H,3-7,10-13H2,1-2H3. The predicted octanol–water partition coefficient (Wildman–Crippen LogP) is 5.75. The molecule has 21 heavy (non-hydrogen) atoms. The SMILES string of the molecule is CC(C)CC(CBr)(CBr)Cc1ccn(C2CCCCC2)n1. The Morgan fingerprint density at radius 3 is 2.48 bits per heavy atom. The fourth-order valence-corrected chi connectivity index (χ4v) is 5.37. The molecule has 1 aliphatic carbocycles. The highest BCUT2D eigenvalue weighted by Crippen LogP contribution is 2.35. The molecule has 0 amide bonds. The summed E-state index contributed by atoms with van der Waals surface area (Å²) in [5.74, 6) is 0.709. The van der Waals surface area contributed by atoms with Crippen molar-refractivity contribution in [2.75, 3.05) is 10.7 Å². The van der Waals surface area contributed by atoms with Crippen LogP contribution in [0.4, 0.5) is 0 Å². The lowest BCUT2D eigenvalue weighted by Gasteiger charge is -2.31. The first kappa shape index (κ1) is 17.5. The highest BCUT2D eigenvalue weighted by molar-refractivity contribution is 9.09. The number of alkyl halides is 2. The molecule has 0 spiro atoms. The normalized spacial score (nSPS) is 17.6. The molecule has 0 aliphatic heterocycles. The van der Waals surface area contributed by atoms with Gasteiger partial charge < -0.3 is 0 Å². The molecule has 1 aromatic rings. The topological polar surface area (TPSA) is 17.8 Å². The van der Waals surface area contributed by atoms with Crippen LogP contribution in [0, 0.1) is 11.3 Å². The van der Waals surface area contributed by atoms with Gasteiger partial charge in [-0.3, -0.25) is 4.68 Å². The molecule has 4 heteroatoms. The largest absolute Gasteiger partial charge is 0.269 e. The minimum Gasteiger partial charge on any atom is -0.269 e. The molecular formula is C17H28Br2N2. The number of rotatable bonds is 7. The van der Waals surface area contributed by atoms with Gasteiger partial charge in [0.1, 0.15) is 0 Å². The molecule has 0 atom stereocenters. The third kappa shape index (κ3) is 4.82. The van der Waals surface area contributed by atoms with E-state index in [-0.39, 0.29) is 5.41 Å². The van der Waals surface area contributed by atoms with E-state index in [0.717, 1.165) is 17.1 Å². The molecule has 2 rings (SSSR count). The second kappa shape index (κ2) is 8.14. The number of hydrogen-bond acceptors (Lipinski definition) is 1. The van der Waals surface area contributed by atoms with E-state index in [1.165, 1.54) is 44.2 Å².